The summed E-state index contributed by atoms with van der Waals surface area (Å²) in [4.78, 5) is 23.9. The van der Waals surface area contributed by atoms with Crippen molar-refractivity contribution < 1.29 is 9.53 Å². The summed E-state index contributed by atoms with van der Waals surface area (Å²) >= 11 is 0. The molecule has 0 amide bonds. The number of nitrogens with one attached hydrogen (secondary N) is 1. The Morgan fingerprint density at radius 3 is 2.17 bits per heavy atom. The van der Waals surface area contributed by atoms with Crippen molar-refractivity contribution in [3.63, 3.8) is 0 Å². The van der Waals surface area contributed by atoms with Crippen molar-refractivity contribution in [3.8, 4) is 16.9 Å². The van der Waals surface area contributed by atoms with Gasteiger partial charge in [-0.15, -0.1) is 0 Å². The first kappa shape index (κ1) is 15.6. The number of carbonyl (C=O) groups excluding carboxylic acids is 1. The zero-order valence-corrected chi connectivity index (χ0v) is 13.4. The summed E-state index contributed by atoms with van der Waals surface area (Å²) in [5.74, 6) is 1.20. The lowest BCUT2D eigenvalue weighted by molar-refractivity contribution is 0.101. The first-order chi connectivity index (χ1) is 11.7. The number of hydrogen-bond donors (Lipinski definition) is 1. The van der Waals surface area contributed by atoms with Crippen LogP contribution in [0.15, 0.2) is 55.0 Å². The molecule has 2 aromatic heterocycles. The molecular weight excluding hydrogens is 304 g/mol. The maximum Gasteiger partial charge on any atom is 0.227 e. The third kappa shape index (κ3) is 3.55. The number of aromatic nitrogens is 3. The summed E-state index contributed by atoms with van der Waals surface area (Å²) in [7, 11) is 1.64. The number of ether oxygens (including phenoxy) is 1. The molecule has 2 heterocycles. The second kappa shape index (κ2) is 6.87. The van der Waals surface area contributed by atoms with Gasteiger partial charge in [0, 0.05) is 24.9 Å². The van der Waals surface area contributed by atoms with Crippen molar-refractivity contribution in [3.05, 3.63) is 60.7 Å². The zero-order chi connectivity index (χ0) is 16.9. The number of rotatable bonds is 5. The highest BCUT2D eigenvalue weighted by atomic mass is 16.5. The van der Waals surface area contributed by atoms with Crippen LogP contribution in [0.1, 0.15) is 17.4 Å². The fourth-order valence-electron chi connectivity index (χ4n) is 2.13. The minimum Gasteiger partial charge on any atom is -0.497 e. The van der Waals surface area contributed by atoms with Crippen molar-refractivity contribution in [1.29, 1.82) is 0 Å². The highest BCUT2D eigenvalue weighted by molar-refractivity contribution is 5.92. The van der Waals surface area contributed by atoms with Gasteiger partial charge in [0.25, 0.3) is 0 Å². The van der Waals surface area contributed by atoms with Crippen LogP contribution in [0.25, 0.3) is 11.1 Å². The van der Waals surface area contributed by atoms with E-state index in [1.165, 1.54) is 6.92 Å². The van der Waals surface area contributed by atoms with Gasteiger partial charge in [-0.1, -0.05) is 12.1 Å². The average Bonchev–Trinajstić information content (AvgIpc) is 2.63. The minimum absolute atomic E-state index is 0.0679. The molecular formula is C18H16N4O2. The topological polar surface area (TPSA) is 77.0 Å². The van der Waals surface area contributed by atoms with E-state index in [4.69, 9.17) is 4.74 Å². The lowest BCUT2D eigenvalue weighted by Gasteiger charge is -2.06. The molecule has 6 nitrogen and oxygen atoms in total. The van der Waals surface area contributed by atoms with Crippen LogP contribution in [-0.2, 0) is 0 Å². The van der Waals surface area contributed by atoms with Gasteiger partial charge in [-0.05, 0) is 29.8 Å². The van der Waals surface area contributed by atoms with Gasteiger partial charge < -0.3 is 10.1 Å². The normalized spacial score (nSPS) is 10.2. The Morgan fingerprint density at radius 1 is 0.917 bits per heavy atom. The number of nitrogens with zero attached hydrogens (tertiary/aromatic N) is 3. The predicted molar refractivity (Wildman–Crippen MR) is 91.5 cm³/mol. The lowest BCUT2D eigenvalue weighted by Crippen LogP contribution is -2.00. The number of anilines is 2. The number of hydrogen-bond acceptors (Lipinski definition) is 6. The van der Waals surface area contributed by atoms with Crippen LogP contribution in [0.3, 0.4) is 0 Å². The van der Waals surface area contributed by atoms with E-state index in [1.807, 2.05) is 24.3 Å². The molecule has 120 valence electrons. The standard InChI is InChI=1S/C18H16N4O2/c1-12(23)17-8-5-15(11-19-17)22-18-20-9-14(10-21-18)13-3-6-16(24-2)7-4-13/h3-11H,1-2H3,(H,20,21,22). The van der Waals surface area contributed by atoms with E-state index in [9.17, 15) is 4.79 Å². The molecule has 0 fully saturated rings. The van der Waals surface area contributed by atoms with Crippen LogP contribution >= 0.6 is 0 Å². The summed E-state index contributed by atoms with van der Waals surface area (Å²) in [6.07, 6.45) is 5.07. The molecule has 24 heavy (non-hydrogen) atoms. The Balaban J connectivity index is 1.72. The van der Waals surface area contributed by atoms with E-state index in [0.29, 0.717) is 11.6 Å². The SMILES string of the molecule is COc1ccc(-c2cnc(Nc3ccc(C(C)=O)nc3)nc2)cc1. The predicted octanol–water partition coefficient (Wildman–Crippen LogP) is 3.49. The fourth-order valence-corrected chi connectivity index (χ4v) is 2.13. The fraction of sp³-hybridized carbons (Fsp3) is 0.111. The van der Waals surface area contributed by atoms with E-state index >= 15 is 0 Å². The second-order valence-electron chi connectivity index (χ2n) is 5.14. The van der Waals surface area contributed by atoms with Crippen molar-refractivity contribution in [2.75, 3.05) is 12.4 Å². The number of methoxy groups -OCH3 is 1. The Kier molecular flexibility index (Phi) is 4.47. The molecule has 0 aliphatic heterocycles. The van der Waals surface area contributed by atoms with Gasteiger partial charge in [0.2, 0.25) is 5.95 Å². The molecule has 3 rings (SSSR count). The molecule has 0 atom stereocenters. The molecule has 0 radical (unpaired) electrons. The highest BCUT2D eigenvalue weighted by Crippen LogP contribution is 2.22. The summed E-state index contributed by atoms with van der Waals surface area (Å²) < 4.78 is 5.15. The smallest absolute Gasteiger partial charge is 0.227 e. The maximum absolute atomic E-state index is 11.2. The van der Waals surface area contributed by atoms with Gasteiger partial charge in [0.1, 0.15) is 11.4 Å². The van der Waals surface area contributed by atoms with Gasteiger partial charge in [-0.3, -0.25) is 9.78 Å². The quantitative estimate of drug-likeness (QED) is 0.725. The van der Waals surface area contributed by atoms with Crippen LogP contribution in [0.4, 0.5) is 11.6 Å². The molecule has 6 heteroatoms. The van der Waals surface area contributed by atoms with Crippen molar-refractivity contribution in [2.45, 2.75) is 6.92 Å². The van der Waals surface area contributed by atoms with Gasteiger partial charge in [-0.25, -0.2) is 9.97 Å². The van der Waals surface area contributed by atoms with Gasteiger partial charge in [0.05, 0.1) is 19.0 Å². The number of benzene rings is 1. The van der Waals surface area contributed by atoms with Gasteiger partial charge in [0.15, 0.2) is 5.78 Å². The van der Waals surface area contributed by atoms with Crippen molar-refractivity contribution in [1.82, 2.24) is 15.0 Å². The van der Waals surface area contributed by atoms with E-state index in [2.05, 4.69) is 20.3 Å². The first-order valence-corrected chi connectivity index (χ1v) is 7.36. The van der Waals surface area contributed by atoms with Gasteiger partial charge in [-0.2, -0.15) is 0 Å². The van der Waals surface area contributed by atoms with E-state index < -0.39 is 0 Å². The molecule has 3 aromatic rings. The summed E-state index contributed by atoms with van der Waals surface area (Å²) in [6.45, 7) is 1.48. The summed E-state index contributed by atoms with van der Waals surface area (Å²) in [5.41, 5.74) is 3.07. The van der Waals surface area contributed by atoms with Crippen LogP contribution in [-0.4, -0.2) is 27.8 Å². The van der Waals surface area contributed by atoms with E-state index in [1.54, 1.807) is 37.8 Å². The molecule has 1 aromatic carbocycles. The Bertz CT molecular complexity index is 828. The molecule has 0 spiro atoms. The Labute approximate surface area is 139 Å². The molecule has 0 bridgehead atoms. The summed E-state index contributed by atoms with van der Waals surface area (Å²) in [5, 5.41) is 3.05. The minimum atomic E-state index is -0.0679. The number of ketones is 1. The number of pyridine rings is 1. The van der Waals surface area contributed by atoms with Crippen LogP contribution in [0.2, 0.25) is 0 Å². The van der Waals surface area contributed by atoms with Crippen LogP contribution in [0.5, 0.6) is 5.75 Å². The molecule has 0 aliphatic rings. The average molecular weight is 320 g/mol. The third-order valence-corrected chi connectivity index (χ3v) is 3.46. The van der Waals surface area contributed by atoms with Crippen LogP contribution < -0.4 is 10.1 Å². The second-order valence-corrected chi connectivity index (χ2v) is 5.14. The zero-order valence-electron chi connectivity index (χ0n) is 13.4. The van der Waals surface area contributed by atoms with E-state index in [-0.39, 0.29) is 5.78 Å². The van der Waals surface area contributed by atoms with Crippen molar-refractivity contribution in [2.24, 2.45) is 0 Å². The Hall–Kier alpha value is -3.28. The van der Waals surface area contributed by atoms with Gasteiger partial charge >= 0.3 is 0 Å². The molecule has 0 saturated carbocycles. The largest absolute Gasteiger partial charge is 0.497 e. The highest BCUT2D eigenvalue weighted by Gasteiger charge is 2.04. The monoisotopic (exact) mass is 320 g/mol. The van der Waals surface area contributed by atoms with Crippen LogP contribution in [0, 0.1) is 0 Å². The number of carbonyl (C=O) groups is 1. The molecule has 1 N–H and O–H groups in total. The third-order valence-electron chi connectivity index (χ3n) is 3.46. The summed E-state index contributed by atoms with van der Waals surface area (Å²) in [6, 6.07) is 11.1. The Morgan fingerprint density at radius 2 is 1.62 bits per heavy atom. The number of Topliss-reactive ketones (excluding diaryl/α,β-unsaturated/α-hetero) is 1. The molecule has 0 aliphatic carbocycles. The molecule has 0 unspecified atom stereocenters. The first-order valence-electron chi connectivity index (χ1n) is 7.36. The van der Waals surface area contributed by atoms with E-state index in [0.717, 1.165) is 22.6 Å². The lowest BCUT2D eigenvalue weighted by atomic mass is 10.1. The van der Waals surface area contributed by atoms with Crippen molar-refractivity contribution >= 4 is 17.4 Å². The maximum atomic E-state index is 11.2. The molecule has 0 saturated heterocycles.